The minimum atomic E-state index is 0.0101. The van der Waals surface area contributed by atoms with Gasteiger partial charge in [0.2, 0.25) is 5.91 Å². The zero-order valence-electron chi connectivity index (χ0n) is 9.08. The first-order valence-corrected chi connectivity index (χ1v) is 6.04. The fraction of sp³-hybridized carbons (Fsp3) is 0.182. The Hall–Kier alpha value is -1.82. The van der Waals surface area contributed by atoms with Crippen LogP contribution >= 0.6 is 11.8 Å². The minimum Gasteiger partial charge on any atom is -0.496 e. The number of methoxy groups -OCH3 is 1. The molecule has 0 aliphatic carbocycles. The first-order chi connectivity index (χ1) is 8.31. The second kappa shape index (κ2) is 3.89. The number of rotatable bonds is 2. The molecule has 86 valence electrons. The summed E-state index contributed by atoms with van der Waals surface area (Å²) in [5, 5.41) is 8.71. The predicted molar refractivity (Wildman–Crippen MR) is 63.4 cm³/mol. The van der Waals surface area contributed by atoms with E-state index in [0.717, 1.165) is 5.56 Å². The Kier molecular flexibility index (Phi) is 2.36. The maximum absolute atomic E-state index is 11.7. The van der Waals surface area contributed by atoms with E-state index in [1.165, 1.54) is 11.8 Å². The van der Waals surface area contributed by atoms with Crippen molar-refractivity contribution in [2.45, 2.75) is 5.16 Å². The largest absolute Gasteiger partial charge is 0.496 e. The highest BCUT2D eigenvalue weighted by molar-refractivity contribution is 8.00. The number of ether oxygens (including phenoxy) is 1. The highest BCUT2D eigenvalue weighted by atomic mass is 32.2. The Morgan fingerprint density at radius 1 is 1.35 bits per heavy atom. The van der Waals surface area contributed by atoms with Crippen LogP contribution in [0.5, 0.6) is 5.75 Å². The Morgan fingerprint density at radius 2 is 2.18 bits per heavy atom. The minimum absolute atomic E-state index is 0.0101. The van der Waals surface area contributed by atoms with Crippen molar-refractivity contribution in [2.24, 2.45) is 0 Å². The fourth-order valence-electron chi connectivity index (χ4n) is 1.78. The summed E-state index contributed by atoms with van der Waals surface area (Å²) in [6.45, 7) is 0. The summed E-state index contributed by atoms with van der Waals surface area (Å²) < 4.78 is 6.81. The number of para-hydroxylation sites is 1. The Bertz CT molecular complexity index is 594. The Labute approximate surface area is 102 Å². The van der Waals surface area contributed by atoms with E-state index >= 15 is 0 Å². The van der Waals surface area contributed by atoms with Crippen molar-refractivity contribution in [1.82, 2.24) is 14.8 Å². The lowest BCUT2D eigenvalue weighted by Gasteiger charge is -2.06. The van der Waals surface area contributed by atoms with Gasteiger partial charge in [-0.2, -0.15) is 0 Å². The van der Waals surface area contributed by atoms with Gasteiger partial charge >= 0.3 is 0 Å². The van der Waals surface area contributed by atoms with Crippen LogP contribution in [0.25, 0.3) is 11.4 Å². The normalized spacial score (nSPS) is 13.8. The van der Waals surface area contributed by atoms with Gasteiger partial charge in [0.25, 0.3) is 0 Å². The van der Waals surface area contributed by atoms with Crippen LogP contribution in [0.4, 0.5) is 0 Å². The average Bonchev–Trinajstić information content (AvgIpc) is 2.93. The van der Waals surface area contributed by atoms with Gasteiger partial charge in [-0.05, 0) is 12.1 Å². The molecule has 0 fully saturated rings. The zero-order valence-corrected chi connectivity index (χ0v) is 9.90. The molecule has 1 aromatic heterocycles. The lowest BCUT2D eigenvalue weighted by atomic mass is 10.2. The molecule has 3 rings (SSSR count). The summed E-state index contributed by atoms with van der Waals surface area (Å²) >= 11 is 1.40. The molecule has 0 unspecified atom stereocenters. The van der Waals surface area contributed by atoms with Crippen LogP contribution in [0.15, 0.2) is 29.4 Å². The van der Waals surface area contributed by atoms with Crippen molar-refractivity contribution in [2.75, 3.05) is 12.9 Å². The molecule has 0 radical (unpaired) electrons. The standard InChI is InChI=1S/C11H9N3O2S/c1-16-8-5-3-2-4-7(8)10-12-13-11-14(10)9(15)6-17-11/h2-5H,6H2,1H3. The first kappa shape index (κ1) is 10.3. The number of nitrogens with zero attached hydrogens (tertiary/aromatic N) is 3. The third-order valence-electron chi connectivity index (χ3n) is 2.56. The number of hydrogen-bond acceptors (Lipinski definition) is 5. The van der Waals surface area contributed by atoms with E-state index in [1.54, 1.807) is 11.7 Å². The molecule has 6 heteroatoms. The molecule has 2 aromatic rings. The summed E-state index contributed by atoms with van der Waals surface area (Å²) in [5.41, 5.74) is 0.782. The molecule has 17 heavy (non-hydrogen) atoms. The highest BCUT2D eigenvalue weighted by Crippen LogP contribution is 2.33. The van der Waals surface area contributed by atoms with Crippen molar-refractivity contribution in [1.29, 1.82) is 0 Å². The third kappa shape index (κ3) is 1.52. The van der Waals surface area contributed by atoms with Gasteiger partial charge in [0.15, 0.2) is 11.0 Å². The summed E-state index contributed by atoms with van der Waals surface area (Å²) in [4.78, 5) is 11.7. The summed E-state index contributed by atoms with van der Waals surface area (Å²) in [6, 6.07) is 7.46. The van der Waals surface area contributed by atoms with Crippen molar-refractivity contribution < 1.29 is 9.53 Å². The third-order valence-corrected chi connectivity index (χ3v) is 3.47. The van der Waals surface area contributed by atoms with Crippen LogP contribution in [0.2, 0.25) is 0 Å². The first-order valence-electron chi connectivity index (χ1n) is 5.06. The summed E-state index contributed by atoms with van der Waals surface area (Å²) in [7, 11) is 1.59. The van der Waals surface area contributed by atoms with Crippen molar-refractivity contribution >= 4 is 17.7 Å². The topological polar surface area (TPSA) is 57.0 Å². The molecule has 0 saturated carbocycles. The number of benzene rings is 1. The average molecular weight is 247 g/mol. The van der Waals surface area contributed by atoms with E-state index in [0.29, 0.717) is 22.5 Å². The van der Waals surface area contributed by atoms with Crippen LogP contribution < -0.4 is 4.74 Å². The van der Waals surface area contributed by atoms with Gasteiger partial charge in [0, 0.05) is 0 Å². The predicted octanol–water partition coefficient (Wildman–Crippen LogP) is 1.70. The van der Waals surface area contributed by atoms with E-state index in [1.807, 2.05) is 24.3 Å². The van der Waals surface area contributed by atoms with Crippen molar-refractivity contribution in [3.05, 3.63) is 24.3 Å². The van der Waals surface area contributed by atoms with Gasteiger partial charge in [-0.1, -0.05) is 23.9 Å². The van der Waals surface area contributed by atoms with Gasteiger partial charge in [-0.15, -0.1) is 10.2 Å². The number of fused-ring (bicyclic) bond motifs is 1. The van der Waals surface area contributed by atoms with Gasteiger partial charge in [0.05, 0.1) is 18.4 Å². The number of hydrogen-bond donors (Lipinski definition) is 0. The van der Waals surface area contributed by atoms with Gasteiger partial charge in [0.1, 0.15) is 5.75 Å². The van der Waals surface area contributed by atoms with Gasteiger partial charge in [-0.25, -0.2) is 4.57 Å². The van der Waals surface area contributed by atoms with E-state index < -0.39 is 0 Å². The lowest BCUT2D eigenvalue weighted by molar-refractivity contribution is 0.0941. The van der Waals surface area contributed by atoms with Crippen LogP contribution in [-0.2, 0) is 0 Å². The van der Waals surface area contributed by atoms with Crippen LogP contribution in [-0.4, -0.2) is 33.5 Å². The monoisotopic (exact) mass is 247 g/mol. The maximum atomic E-state index is 11.7. The molecule has 0 spiro atoms. The molecule has 0 atom stereocenters. The Balaban J connectivity index is 2.20. The highest BCUT2D eigenvalue weighted by Gasteiger charge is 2.27. The fourth-order valence-corrected chi connectivity index (χ4v) is 2.58. The molecule has 1 aromatic carbocycles. The van der Waals surface area contributed by atoms with Crippen LogP contribution in [0.3, 0.4) is 0 Å². The maximum Gasteiger partial charge on any atom is 0.244 e. The number of thioether (sulfide) groups is 1. The second-order valence-electron chi connectivity index (χ2n) is 3.52. The molecular weight excluding hydrogens is 238 g/mol. The SMILES string of the molecule is COc1ccccc1-c1nnc2n1C(=O)CS2. The van der Waals surface area contributed by atoms with E-state index in [4.69, 9.17) is 4.74 Å². The molecule has 2 heterocycles. The molecule has 1 aliphatic heterocycles. The molecule has 5 nitrogen and oxygen atoms in total. The quantitative estimate of drug-likeness (QED) is 0.808. The molecule has 0 amide bonds. The van der Waals surface area contributed by atoms with Crippen LogP contribution in [0, 0.1) is 0 Å². The van der Waals surface area contributed by atoms with Gasteiger partial charge in [-0.3, -0.25) is 4.79 Å². The smallest absolute Gasteiger partial charge is 0.244 e. The summed E-state index contributed by atoms with van der Waals surface area (Å²) in [5.74, 6) is 1.67. The molecule has 0 bridgehead atoms. The second-order valence-corrected chi connectivity index (χ2v) is 4.47. The molecular formula is C11H9N3O2S. The van der Waals surface area contributed by atoms with Crippen LogP contribution in [0.1, 0.15) is 4.79 Å². The van der Waals surface area contributed by atoms with Gasteiger partial charge < -0.3 is 4.74 Å². The number of carbonyl (C=O) groups excluding carboxylic acids is 1. The van der Waals surface area contributed by atoms with E-state index in [-0.39, 0.29) is 5.91 Å². The zero-order chi connectivity index (χ0) is 11.8. The molecule has 0 saturated heterocycles. The van der Waals surface area contributed by atoms with E-state index in [2.05, 4.69) is 10.2 Å². The lowest BCUT2D eigenvalue weighted by Crippen LogP contribution is -2.09. The van der Waals surface area contributed by atoms with Crippen molar-refractivity contribution in [3.8, 4) is 17.1 Å². The number of carbonyl (C=O) groups is 1. The molecule has 0 N–H and O–H groups in total. The Morgan fingerprint density at radius 3 is 3.00 bits per heavy atom. The summed E-state index contributed by atoms with van der Waals surface area (Å²) in [6.07, 6.45) is 0. The number of aromatic nitrogens is 3. The molecule has 1 aliphatic rings. The van der Waals surface area contributed by atoms with Crippen molar-refractivity contribution in [3.63, 3.8) is 0 Å². The van der Waals surface area contributed by atoms with E-state index in [9.17, 15) is 4.79 Å².